The van der Waals surface area contributed by atoms with E-state index >= 15 is 0 Å². The number of ether oxygens (including phenoxy) is 2. The molecule has 1 fully saturated rings. The van der Waals surface area contributed by atoms with Gasteiger partial charge in [0.25, 0.3) is 0 Å². The molecule has 10 heteroatoms. The third-order valence-corrected chi connectivity index (χ3v) is 9.63. The Bertz CT molecular complexity index is 1960. The number of piperidine rings is 1. The Kier molecular flexibility index (Phi) is 8.28. The Hall–Kier alpha value is -4.95. The van der Waals surface area contributed by atoms with Crippen LogP contribution in [0, 0.1) is 18.3 Å². The SMILES string of the molecule is Cc1cc(Oc2cccc(COc3ccccc3C#N)c2)ccc1N1C(=O)Nc2c(CNC3CCN(C)CC3)sc3nccc1c23. The molecule has 232 valence electrons. The number of likely N-dealkylation sites (tertiary alicyclic amines) is 1. The zero-order valence-electron chi connectivity index (χ0n) is 25.7. The van der Waals surface area contributed by atoms with E-state index in [1.807, 2.05) is 67.6 Å². The maximum atomic E-state index is 13.7. The first kappa shape index (κ1) is 29.7. The van der Waals surface area contributed by atoms with Crippen molar-refractivity contribution in [1.82, 2.24) is 15.2 Å². The number of aromatic nitrogens is 1. The van der Waals surface area contributed by atoms with Crippen LogP contribution >= 0.6 is 11.3 Å². The molecule has 0 saturated carbocycles. The van der Waals surface area contributed by atoms with E-state index in [0.29, 0.717) is 42.0 Å². The highest BCUT2D eigenvalue weighted by Gasteiger charge is 2.32. The normalized spacial score (nSPS) is 15.1. The van der Waals surface area contributed by atoms with Crippen LogP contribution in [0.3, 0.4) is 0 Å². The number of carbonyl (C=O) groups is 1. The second kappa shape index (κ2) is 12.8. The molecular weight excluding hydrogens is 597 g/mol. The molecule has 2 aliphatic rings. The van der Waals surface area contributed by atoms with Crippen LogP contribution in [0.5, 0.6) is 17.2 Å². The highest BCUT2D eigenvalue weighted by molar-refractivity contribution is 7.19. The zero-order valence-corrected chi connectivity index (χ0v) is 26.6. The van der Waals surface area contributed by atoms with E-state index in [1.165, 1.54) is 0 Å². The van der Waals surface area contributed by atoms with Gasteiger partial charge in [-0.2, -0.15) is 5.26 Å². The number of amides is 2. The molecule has 3 aromatic carbocycles. The van der Waals surface area contributed by atoms with Crippen molar-refractivity contribution in [3.05, 3.63) is 101 Å². The summed E-state index contributed by atoms with van der Waals surface area (Å²) >= 11 is 1.64. The number of carbonyl (C=O) groups excluding carboxylic acids is 1. The first-order valence-electron chi connectivity index (χ1n) is 15.4. The van der Waals surface area contributed by atoms with Gasteiger partial charge in [-0.25, -0.2) is 9.78 Å². The van der Waals surface area contributed by atoms with Crippen molar-refractivity contribution in [3.8, 4) is 23.3 Å². The van der Waals surface area contributed by atoms with Crippen LogP contribution in [-0.4, -0.2) is 42.1 Å². The predicted octanol–water partition coefficient (Wildman–Crippen LogP) is 7.72. The number of nitrogens with zero attached hydrogens (tertiary/aromatic N) is 4. The molecule has 0 radical (unpaired) electrons. The van der Waals surface area contributed by atoms with Gasteiger partial charge in [-0.3, -0.25) is 4.90 Å². The first-order chi connectivity index (χ1) is 22.5. The second-order valence-corrected chi connectivity index (χ2v) is 12.8. The number of nitrogens with one attached hydrogen (secondary N) is 2. The third-order valence-electron chi connectivity index (χ3n) is 8.53. The van der Waals surface area contributed by atoms with Gasteiger partial charge in [0.15, 0.2) is 0 Å². The lowest BCUT2D eigenvalue weighted by Gasteiger charge is -2.30. The monoisotopic (exact) mass is 630 g/mol. The molecule has 0 spiro atoms. The number of benzene rings is 3. The van der Waals surface area contributed by atoms with Crippen molar-refractivity contribution in [2.45, 2.75) is 39.0 Å². The number of nitriles is 1. The summed E-state index contributed by atoms with van der Waals surface area (Å²) in [6.07, 6.45) is 4.02. The standard InChI is InChI=1S/C36H34N6O3S/c1-23-18-28(45-27-8-5-6-24(19-27)22-44-31-9-4-3-7-25(31)20-37)10-11-29(23)42-30-12-15-38-35-33(30)34(40-36(42)43)32(46-35)21-39-26-13-16-41(2)17-14-26/h3-12,15,18-19,26,39H,13-14,16-17,21-22H2,1-2H3,(H,40,43). The zero-order chi connectivity index (χ0) is 31.6. The number of pyridine rings is 1. The molecular formula is C36H34N6O3S. The minimum Gasteiger partial charge on any atom is -0.488 e. The van der Waals surface area contributed by atoms with Gasteiger partial charge < -0.3 is 25.0 Å². The summed E-state index contributed by atoms with van der Waals surface area (Å²) in [5.74, 6) is 1.87. The van der Waals surface area contributed by atoms with Gasteiger partial charge in [0, 0.05) is 23.7 Å². The van der Waals surface area contributed by atoms with E-state index in [-0.39, 0.29) is 6.03 Å². The van der Waals surface area contributed by atoms with Crippen molar-refractivity contribution < 1.29 is 14.3 Å². The van der Waals surface area contributed by atoms with Crippen molar-refractivity contribution in [2.75, 3.05) is 30.4 Å². The lowest BCUT2D eigenvalue weighted by atomic mass is 10.1. The van der Waals surface area contributed by atoms with Crippen molar-refractivity contribution >= 4 is 44.6 Å². The third kappa shape index (κ3) is 6.00. The smallest absolute Gasteiger partial charge is 0.331 e. The molecule has 2 N–H and O–H groups in total. The number of para-hydroxylation sites is 1. The summed E-state index contributed by atoms with van der Waals surface area (Å²) in [6.45, 7) is 5.18. The fraction of sp³-hybridized carbons (Fsp3) is 0.250. The Morgan fingerprint density at radius 3 is 2.70 bits per heavy atom. The Balaban J connectivity index is 1.08. The number of hydrogen-bond donors (Lipinski definition) is 2. The fourth-order valence-electron chi connectivity index (χ4n) is 6.08. The van der Waals surface area contributed by atoms with Crippen LogP contribution < -0.4 is 25.0 Å². The largest absolute Gasteiger partial charge is 0.488 e. The van der Waals surface area contributed by atoms with Crippen LogP contribution in [0.4, 0.5) is 21.9 Å². The summed E-state index contributed by atoms with van der Waals surface area (Å²) in [6, 6.07) is 24.9. The molecule has 46 heavy (non-hydrogen) atoms. The van der Waals surface area contributed by atoms with E-state index in [9.17, 15) is 10.1 Å². The summed E-state index contributed by atoms with van der Waals surface area (Å²) in [5, 5.41) is 17.2. The van der Waals surface area contributed by atoms with E-state index in [0.717, 1.165) is 69.2 Å². The highest BCUT2D eigenvalue weighted by Crippen LogP contribution is 2.46. The van der Waals surface area contributed by atoms with Gasteiger partial charge >= 0.3 is 6.03 Å². The summed E-state index contributed by atoms with van der Waals surface area (Å²) in [4.78, 5) is 24.4. The van der Waals surface area contributed by atoms with Crippen molar-refractivity contribution in [1.29, 1.82) is 5.26 Å². The summed E-state index contributed by atoms with van der Waals surface area (Å²) in [7, 11) is 2.17. The van der Waals surface area contributed by atoms with Crippen molar-refractivity contribution in [3.63, 3.8) is 0 Å². The highest BCUT2D eigenvalue weighted by atomic mass is 32.1. The lowest BCUT2D eigenvalue weighted by Crippen LogP contribution is -2.40. The Morgan fingerprint density at radius 1 is 1.04 bits per heavy atom. The Morgan fingerprint density at radius 2 is 1.87 bits per heavy atom. The van der Waals surface area contributed by atoms with Gasteiger partial charge in [0.05, 0.1) is 28.0 Å². The molecule has 7 rings (SSSR count). The second-order valence-electron chi connectivity index (χ2n) is 11.7. The molecule has 1 saturated heterocycles. The predicted molar refractivity (Wildman–Crippen MR) is 181 cm³/mol. The molecule has 9 nitrogen and oxygen atoms in total. The van der Waals surface area contributed by atoms with Crippen LogP contribution in [0.25, 0.3) is 10.2 Å². The average Bonchev–Trinajstić information content (AvgIpc) is 3.42. The van der Waals surface area contributed by atoms with Crippen molar-refractivity contribution in [2.24, 2.45) is 0 Å². The van der Waals surface area contributed by atoms with Crippen LogP contribution in [0.2, 0.25) is 0 Å². The number of thiophene rings is 1. The fourth-order valence-corrected chi connectivity index (χ4v) is 7.15. The summed E-state index contributed by atoms with van der Waals surface area (Å²) < 4.78 is 12.1. The lowest BCUT2D eigenvalue weighted by molar-refractivity contribution is 0.234. The van der Waals surface area contributed by atoms with Crippen LogP contribution in [-0.2, 0) is 13.2 Å². The van der Waals surface area contributed by atoms with E-state index < -0.39 is 0 Å². The quantitative estimate of drug-likeness (QED) is 0.172. The number of anilines is 3. The number of hydrogen-bond acceptors (Lipinski definition) is 8. The molecule has 2 amide bonds. The molecule has 0 unspecified atom stereocenters. The molecule has 2 aliphatic heterocycles. The molecule has 2 aromatic heterocycles. The van der Waals surface area contributed by atoms with Gasteiger partial charge in [-0.1, -0.05) is 24.3 Å². The van der Waals surface area contributed by atoms with E-state index in [1.54, 1.807) is 34.6 Å². The van der Waals surface area contributed by atoms with E-state index in [2.05, 4.69) is 33.6 Å². The molecule has 0 atom stereocenters. The molecule has 4 heterocycles. The number of urea groups is 1. The summed E-state index contributed by atoms with van der Waals surface area (Å²) in [5.41, 5.74) is 4.77. The maximum absolute atomic E-state index is 13.7. The van der Waals surface area contributed by atoms with Gasteiger partial charge in [0.1, 0.15) is 34.8 Å². The number of aryl methyl sites for hydroxylation is 1. The number of rotatable bonds is 9. The topological polar surface area (TPSA) is 103 Å². The molecule has 5 aromatic rings. The van der Waals surface area contributed by atoms with E-state index in [4.69, 9.17) is 9.47 Å². The van der Waals surface area contributed by atoms with Crippen LogP contribution in [0.1, 0.15) is 34.4 Å². The minimum absolute atomic E-state index is 0.193. The van der Waals surface area contributed by atoms with Gasteiger partial charge in [-0.15, -0.1) is 11.3 Å². The van der Waals surface area contributed by atoms with Gasteiger partial charge in [0.2, 0.25) is 0 Å². The first-order valence-corrected chi connectivity index (χ1v) is 16.2. The van der Waals surface area contributed by atoms with Gasteiger partial charge in [-0.05, 0) is 99.6 Å². The minimum atomic E-state index is -0.193. The van der Waals surface area contributed by atoms with Crippen LogP contribution in [0.15, 0.2) is 79.0 Å². The molecule has 0 aliphatic carbocycles. The maximum Gasteiger partial charge on any atom is 0.331 e. The Labute approximate surface area is 272 Å². The molecule has 0 bridgehead atoms. The average molecular weight is 631 g/mol.